The maximum atomic E-state index is 5.00. The lowest BCUT2D eigenvalue weighted by atomic mass is 10.5. The molecule has 0 aliphatic rings. The van der Waals surface area contributed by atoms with Gasteiger partial charge in [0, 0.05) is 0 Å². The van der Waals surface area contributed by atoms with Crippen molar-refractivity contribution in [2.45, 2.75) is 13.8 Å². The van der Waals surface area contributed by atoms with Crippen molar-refractivity contribution >= 4 is 0 Å². The maximum Gasteiger partial charge on any atom is -0.00624 e. The van der Waals surface area contributed by atoms with Gasteiger partial charge in [-0.2, -0.15) is 0 Å². The molecule has 9 heavy (non-hydrogen) atoms. The van der Waals surface area contributed by atoms with E-state index < -0.39 is 0 Å². The second kappa shape index (κ2) is 15.7. The molecule has 0 amide bonds. The number of allylic oxidation sites excluding steroid dienone is 4. The van der Waals surface area contributed by atoms with Crippen LogP contribution in [0.2, 0.25) is 0 Å². The van der Waals surface area contributed by atoms with Gasteiger partial charge in [-0.25, -0.2) is 0 Å². The molecule has 0 aromatic carbocycles. The van der Waals surface area contributed by atoms with Crippen molar-refractivity contribution in [3.8, 4) is 0 Å². The summed E-state index contributed by atoms with van der Waals surface area (Å²) < 4.78 is 0. The van der Waals surface area contributed by atoms with E-state index in [-0.39, 0.29) is 0 Å². The first kappa shape index (κ1) is 10.9. The highest BCUT2D eigenvalue weighted by Crippen LogP contribution is 1.71. The minimum Gasteiger partial charge on any atom is -0.405 e. The SMILES string of the molecule is C=C/C=C\C=C/N.CC. The lowest BCUT2D eigenvalue weighted by Gasteiger charge is -1.66. The van der Waals surface area contributed by atoms with Gasteiger partial charge in [-0.3, -0.25) is 0 Å². The van der Waals surface area contributed by atoms with Crippen molar-refractivity contribution < 1.29 is 0 Å². The second-order valence-electron chi connectivity index (χ2n) is 1.01. The average molecular weight is 125 g/mol. The van der Waals surface area contributed by atoms with Gasteiger partial charge in [-0.1, -0.05) is 38.7 Å². The van der Waals surface area contributed by atoms with Crippen LogP contribution < -0.4 is 5.73 Å². The highest BCUT2D eigenvalue weighted by atomic mass is 14.5. The van der Waals surface area contributed by atoms with Gasteiger partial charge in [0.2, 0.25) is 0 Å². The second-order valence-corrected chi connectivity index (χ2v) is 1.01. The zero-order chi connectivity index (χ0) is 7.54. The number of rotatable bonds is 2. The standard InChI is InChI=1S/C6H9N.C2H6/c1-2-3-4-5-6-7;1-2/h2-6H,1,7H2;1-2H3/b4-3-,6-5-;. The topological polar surface area (TPSA) is 26.0 Å². The van der Waals surface area contributed by atoms with E-state index in [0.717, 1.165) is 0 Å². The summed E-state index contributed by atoms with van der Waals surface area (Å²) in [7, 11) is 0. The predicted octanol–water partition coefficient (Wildman–Crippen LogP) is 2.23. The third-order valence-electron chi connectivity index (χ3n) is 0.469. The van der Waals surface area contributed by atoms with E-state index in [0.29, 0.717) is 0 Å². The van der Waals surface area contributed by atoms with E-state index in [9.17, 15) is 0 Å². The lowest BCUT2D eigenvalue weighted by molar-refractivity contribution is 1.50. The summed E-state index contributed by atoms with van der Waals surface area (Å²) in [5, 5.41) is 0. The van der Waals surface area contributed by atoms with Crippen LogP contribution in [0.1, 0.15) is 13.8 Å². The molecule has 0 aromatic heterocycles. The minimum absolute atomic E-state index is 1.47. The fraction of sp³-hybridized carbons (Fsp3) is 0.250. The van der Waals surface area contributed by atoms with E-state index in [1.54, 1.807) is 12.2 Å². The first-order valence-electron chi connectivity index (χ1n) is 3.07. The molecule has 0 radical (unpaired) electrons. The highest BCUT2D eigenvalue weighted by Gasteiger charge is 1.52. The fourth-order valence-corrected chi connectivity index (χ4v) is 0.207. The molecule has 0 rings (SSSR count). The average Bonchev–Trinajstić information content (AvgIpc) is 1.94. The van der Waals surface area contributed by atoms with Crippen molar-refractivity contribution in [1.29, 1.82) is 0 Å². The summed E-state index contributed by atoms with van der Waals surface area (Å²) in [6, 6.07) is 0. The van der Waals surface area contributed by atoms with Gasteiger partial charge in [-0.15, -0.1) is 0 Å². The molecule has 0 heterocycles. The summed E-state index contributed by atoms with van der Waals surface area (Å²) >= 11 is 0. The molecule has 0 aliphatic heterocycles. The molecule has 0 saturated heterocycles. The number of hydrogen-bond donors (Lipinski definition) is 1. The van der Waals surface area contributed by atoms with Crippen molar-refractivity contribution in [3.05, 3.63) is 37.1 Å². The smallest absolute Gasteiger partial charge is 0.00624 e. The lowest BCUT2D eigenvalue weighted by Crippen LogP contribution is -1.71. The van der Waals surface area contributed by atoms with Crippen LogP contribution in [-0.2, 0) is 0 Å². The fourth-order valence-electron chi connectivity index (χ4n) is 0.207. The molecule has 0 aliphatic carbocycles. The van der Waals surface area contributed by atoms with Crippen LogP contribution in [0.4, 0.5) is 0 Å². The normalized spacial score (nSPS) is 9.11. The molecule has 0 spiro atoms. The molecule has 2 N–H and O–H groups in total. The molecule has 0 atom stereocenters. The van der Waals surface area contributed by atoms with Gasteiger partial charge in [0.05, 0.1) is 0 Å². The molecule has 0 saturated carbocycles. The van der Waals surface area contributed by atoms with E-state index in [1.165, 1.54) is 6.20 Å². The van der Waals surface area contributed by atoms with Crippen LogP contribution in [0.3, 0.4) is 0 Å². The van der Waals surface area contributed by atoms with Gasteiger partial charge >= 0.3 is 0 Å². The molecule has 0 unspecified atom stereocenters. The van der Waals surface area contributed by atoms with Crippen LogP contribution in [0, 0.1) is 0 Å². The number of nitrogens with two attached hydrogens (primary N) is 1. The van der Waals surface area contributed by atoms with E-state index in [2.05, 4.69) is 6.58 Å². The summed E-state index contributed by atoms with van der Waals surface area (Å²) in [4.78, 5) is 0. The maximum absolute atomic E-state index is 5.00. The zero-order valence-corrected chi connectivity index (χ0v) is 6.17. The Hall–Kier alpha value is -0.980. The number of hydrogen-bond acceptors (Lipinski definition) is 1. The van der Waals surface area contributed by atoms with Gasteiger partial charge in [0.15, 0.2) is 0 Å². The molecule has 1 nitrogen and oxygen atoms in total. The summed E-state index contributed by atoms with van der Waals surface area (Å²) in [6.45, 7) is 7.47. The van der Waals surface area contributed by atoms with E-state index in [4.69, 9.17) is 5.73 Å². The van der Waals surface area contributed by atoms with E-state index in [1.807, 2.05) is 26.0 Å². The summed E-state index contributed by atoms with van der Waals surface area (Å²) in [5.41, 5.74) is 5.00. The van der Waals surface area contributed by atoms with E-state index >= 15 is 0 Å². The predicted molar refractivity (Wildman–Crippen MR) is 44.0 cm³/mol. The molecule has 1 heteroatoms. The zero-order valence-electron chi connectivity index (χ0n) is 6.17. The molecular weight excluding hydrogens is 110 g/mol. The highest BCUT2D eigenvalue weighted by molar-refractivity contribution is 5.07. The summed E-state index contributed by atoms with van der Waals surface area (Å²) in [6.07, 6.45) is 8.53. The molecule has 52 valence electrons. The Labute approximate surface area is 57.6 Å². The molecule has 0 bridgehead atoms. The van der Waals surface area contributed by atoms with Gasteiger partial charge in [-0.05, 0) is 12.3 Å². The Morgan fingerprint density at radius 2 is 1.67 bits per heavy atom. The Morgan fingerprint density at radius 1 is 1.11 bits per heavy atom. The Kier molecular flexibility index (Phi) is 19.1. The summed E-state index contributed by atoms with van der Waals surface area (Å²) in [5.74, 6) is 0. The Morgan fingerprint density at radius 3 is 2.00 bits per heavy atom. The van der Waals surface area contributed by atoms with Gasteiger partial charge < -0.3 is 5.73 Å². The Balaban J connectivity index is 0. The van der Waals surface area contributed by atoms with Crippen LogP contribution in [0.25, 0.3) is 0 Å². The Bertz CT molecular complexity index is 90.7. The largest absolute Gasteiger partial charge is 0.405 e. The van der Waals surface area contributed by atoms with Crippen molar-refractivity contribution in [3.63, 3.8) is 0 Å². The molecule has 0 fully saturated rings. The van der Waals surface area contributed by atoms with Gasteiger partial charge in [0.25, 0.3) is 0 Å². The van der Waals surface area contributed by atoms with Crippen molar-refractivity contribution in [2.75, 3.05) is 0 Å². The third-order valence-corrected chi connectivity index (χ3v) is 0.469. The van der Waals surface area contributed by atoms with Gasteiger partial charge in [0.1, 0.15) is 0 Å². The van der Waals surface area contributed by atoms with Crippen molar-refractivity contribution in [1.82, 2.24) is 0 Å². The molecular formula is C8H15N. The third kappa shape index (κ3) is 19.4. The van der Waals surface area contributed by atoms with Crippen molar-refractivity contribution in [2.24, 2.45) is 5.73 Å². The molecule has 0 aromatic rings. The quantitative estimate of drug-likeness (QED) is 0.563. The van der Waals surface area contributed by atoms with Crippen LogP contribution >= 0.6 is 0 Å². The first-order chi connectivity index (χ1) is 4.41. The van der Waals surface area contributed by atoms with Crippen LogP contribution in [-0.4, -0.2) is 0 Å². The van der Waals surface area contributed by atoms with Crippen LogP contribution in [0.5, 0.6) is 0 Å². The van der Waals surface area contributed by atoms with Crippen LogP contribution in [0.15, 0.2) is 37.1 Å². The minimum atomic E-state index is 1.47. The first-order valence-corrected chi connectivity index (χ1v) is 3.07. The monoisotopic (exact) mass is 125 g/mol.